The first-order valence-electron chi connectivity index (χ1n) is 12.1. The lowest BCUT2D eigenvalue weighted by molar-refractivity contribution is 0.114. The Labute approximate surface area is 205 Å². The minimum atomic E-state index is 0.143. The molecule has 2 aliphatic heterocycles. The van der Waals surface area contributed by atoms with Gasteiger partial charge in [-0.15, -0.1) is 0 Å². The van der Waals surface area contributed by atoms with E-state index in [0.29, 0.717) is 23.1 Å². The molecule has 35 heavy (non-hydrogen) atoms. The van der Waals surface area contributed by atoms with Crippen molar-refractivity contribution in [2.45, 2.75) is 18.9 Å². The highest BCUT2D eigenvalue weighted by atomic mass is 16.5. The number of nitrogens with zero attached hydrogens (tertiary/aromatic N) is 6. The fourth-order valence-corrected chi connectivity index (χ4v) is 4.43. The highest BCUT2D eigenvalue weighted by Gasteiger charge is 2.19. The molecule has 0 unspecified atom stereocenters. The molecule has 4 heterocycles. The topological polar surface area (TPSA) is 102 Å². The first kappa shape index (κ1) is 23.0. The molecule has 0 saturated carbocycles. The van der Waals surface area contributed by atoms with Crippen molar-refractivity contribution >= 4 is 17.5 Å². The van der Waals surface area contributed by atoms with Gasteiger partial charge in [-0.1, -0.05) is 0 Å². The van der Waals surface area contributed by atoms with E-state index in [1.807, 2.05) is 36.5 Å². The van der Waals surface area contributed by atoms with E-state index in [4.69, 9.17) is 4.74 Å². The maximum absolute atomic E-state index is 9.73. The molecule has 2 aliphatic rings. The van der Waals surface area contributed by atoms with Crippen molar-refractivity contribution in [1.29, 1.82) is 5.26 Å². The molecule has 2 fully saturated rings. The van der Waals surface area contributed by atoms with Gasteiger partial charge in [-0.2, -0.15) is 5.26 Å². The van der Waals surface area contributed by atoms with Crippen LogP contribution >= 0.6 is 0 Å². The Balaban J connectivity index is 1.28. The molecular formula is C26H30N8O. The zero-order chi connectivity index (χ0) is 24.0. The lowest BCUT2D eigenvalue weighted by atomic mass is 10.1. The minimum absolute atomic E-state index is 0.143. The molecule has 5 rings (SSSR count). The van der Waals surface area contributed by atoms with E-state index in [-0.39, 0.29) is 6.10 Å². The maximum Gasteiger partial charge on any atom is 0.228 e. The van der Waals surface area contributed by atoms with E-state index < -0.39 is 0 Å². The number of hydrogen-bond donors (Lipinski definition) is 2. The summed E-state index contributed by atoms with van der Waals surface area (Å²) in [5.41, 5.74) is 3.19. The molecule has 2 N–H and O–H groups in total. The number of rotatable bonds is 6. The Morgan fingerprint density at radius 2 is 1.89 bits per heavy atom. The van der Waals surface area contributed by atoms with Crippen LogP contribution in [0.4, 0.5) is 17.5 Å². The van der Waals surface area contributed by atoms with Crippen molar-refractivity contribution < 1.29 is 4.74 Å². The van der Waals surface area contributed by atoms with E-state index >= 15 is 0 Å². The average Bonchev–Trinajstić information content (AvgIpc) is 2.91. The molecule has 0 atom stereocenters. The number of likely N-dealkylation sites (tertiary alicyclic amines) is 1. The SMILES string of the molecule is CN1CCC(Oc2ccc(-c3ccnc(Nc4ccc(N5CCNCC5)cn4)n3)cc2C#N)CC1. The third kappa shape index (κ3) is 5.67. The van der Waals surface area contributed by atoms with Crippen LogP contribution in [0, 0.1) is 11.3 Å². The van der Waals surface area contributed by atoms with E-state index in [0.717, 1.165) is 69.1 Å². The summed E-state index contributed by atoms with van der Waals surface area (Å²) < 4.78 is 6.16. The number of piperidine rings is 1. The number of anilines is 3. The summed E-state index contributed by atoms with van der Waals surface area (Å²) >= 11 is 0. The summed E-state index contributed by atoms with van der Waals surface area (Å²) in [7, 11) is 2.12. The number of nitrogens with one attached hydrogen (secondary N) is 2. The summed E-state index contributed by atoms with van der Waals surface area (Å²) in [5, 5.41) is 16.3. The summed E-state index contributed by atoms with van der Waals surface area (Å²) in [6.45, 7) is 5.94. The van der Waals surface area contributed by atoms with Gasteiger partial charge >= 0.3 is 0 Å². The summed E-state index contributed by atoms with van der Waals surface area (Å²) in [6.07, 6.45) is 5.65. The second-order valence-corrected chi connectivity index (χ2v) is 8.97. The quantitative estimate of drug-likeness (QED) is 0.563. The fourth-order valence-electron chi connectivity index (χ4n) is 4.43. The van der Waals surface area contributed by atoms with Gasteiger partial charge in [0.05, 0.1) is 23.1 Å². The zero-order valence-electron chi connectivity index (χ0n) is 19.9. The van der Waals surface area contributed by atoms with Crippen LogP contribution in [-0.2, 0) is 0 Å². The molecule has 9 heteroatoms. The standard InChI is InChI=1S/C26H30N8O/c1-33-12-7-22(8-13-33)35-24-4-2-19(16-20(24)17-27)23-6-9-29-26(31-23)32-25-5-3-21(18-30-25)34-14-10-28-11-15-34/h2-6,9,16,18,22,28H,7-8,10-15H2,1H3,(H,29,30,31,32). The molecule has 0 radical (unpaired) electrons. The molecule has 9 nitrogen and oxygen atoms in total. The van der Waals surface area contributed by atoms with Gasteiger partial charge in [-0.05, 0) is 56.3 Å². The molecule has 2 aromatic heterocycles. The van der Waals surface area contributed by atoms with Crippen molar-refractivity contribution in [3.8, 4) is 23.1 Å². The van der Waals surface area contributed by atoms with Gasteiger partial charge in [-0.3, -0.25) is 0 Å². The molecule has 2 saturated heterocycles. The Morgan fingerprint density at radius 3 is 2.63 bits per heavy atom. The Bertz CT molecular complexity index is 1180. The maximum atomic E-state index is 9.73. The second-order valence-electron chi connectivity index (χ2n) is 8.97. The largest absolute Gasteiger partial charge is 0.489 e. The van der Waals surface area contributed by atoms with Crippen LogP contribution in [0.3, 0.4) is 0 Å². The second kappa shape index (κ2) is 10.7. The summed E-state index contributed by atoms with van der Waals surface area (Å²) in [6, 6.07) is 13.8. The van der Waals surface area contributed by atoms with Crippen molar-refractivity contribution in [2.75, 3.05) is 56.5 Å². The predicted octanol–water partition coefficient (Wildman–Crippen LogP) is 3.04. The molecule has 0 aliphatic carbocycles. The van der Waals surface area contributed by atoms with Crippen LogP contribution in [0.25, 0.3) is 11.3 Å². The fraction of sp³-hybridized carbons (Fsp3) is 0.385. The van der Waals surface area contributed by atoms with Crippen LogP contribution in [0.2, 0.25) is 0 Å². The number of nitriles is 1. The van der Waals surface area contributed by atoms with Gasteiger partial charge in [0.25, 0.3) is 0 Å². The van der Waals surface area contributed by atoms with Gasteiger partial charge < -0.3 is 25.2 Å². The Kier molecular flexibility index (Phi) is 7.02. The minimum Gasteiger partial charge on any atom is -0.489 e. The summed E-state index contributed by atoms with van der Waals surface area (Å²) in [5.74, 6) is 1.77. The molecule has 1 aromatic carbocycles. The third-order valence-corrected chi connectivity index (χ3v) is 6.48. The van der Waals surface area contributed by atoms with Gasteiger partial charge in [0.2, 0.25) is 5.95 Å². The molecular weight excluding hydrogens is 440 g/mol. The monoisotopic (exact) mass is 470 g/mol. The lowest BCUT2D eigenvalue weighted by Gasteiger charge is -2.29. The van der Waals surface area contributed by atoms with Gasteiger partial charge in [0.1, 0.15) is 23.7 Å². The summed E-state index contributed by atoms with van der Waals surface area (Å²) in [4.78, 5) is 18.1. The Morgan fingerprint density at radius 1 is 1.06 bits per heavy atom. The molecule has 0 bridgehead atoms. The van der Waals surface area contributed by atoms with E-state index in [1.165, 1.54) is 0 Å². The number of benzene rings is 1. The van der Waals surface area contributed by atoms with Crippen LogP contribution < -0.4 is 20.3 Å². The molecule has 180 valence electrons. The van der Waals surface area contributed by atoms with E-state index in [9.17, 15) is 5.26 Å². The predicted molar refractivity (Wildman–Crippen MR) is 136 cm³/mol. The van der Waals surface area contributed by atoms with Crippen LogP contribution in [0.15, 0.2) is 48.8 Å². The highest BCUT2D eigenvalue weighted by Crippen LogP contribution is 2.28. The molecule has 3 aromatic rings. The first-order chi connectivity index (χ1) is 17.2. The van der Waals surface area contributed by atoms with Crippen molar-refractivity contribution in [2.24, 2.45) is 0 Å². The number of hydrogen-bond acceptors (Lipinski definition) is 9. The van der Waals surface area contributed by atoms with Crippen molar-refractivity contribution in [3.63, 3.8) is 0 Å². The van der Waals surface area contributed by atoms with Crippen LogP contribution in [0.1, 0.15) is 18.4 Å². The third-order valence-electron chi connectivity index (χ3n) is 6.48. The smallest absolute Gasteiger partial charge is 0.228 e. The highest BCUT2D eigenvalue weighted by molar-refractivity contribution is 5.65. The number of pyridine rings is 1. The van der Waals surface area contributed by atoms with Gasteiger partial charge in [0, 0.05) is 51.0 Å². The van der Waals surface area contributed by atoms with E-state index in [2.05, 4.69) is 54.6 Å². The molecule has 0 amide bonds. The normalized spacial score (nSPS) is 17.1. The average molecular weight is 471 g/mol. The zero-order valence-corrected chi connectivity index (χ0v) is 19.9. The van der Waals surface area contributed by atoms with Crippen LogP contribution in [0.5, 0.6) is 5.75 Å². The number of piperazine rings is 1. The number of aromatic nitrogens is 3. The van der Waals surface area contributed by atoms with Gasteiger partial charge in [0.15, 0.2) is 0 Å². The van der Waals surface area contributed by atoms with Crippen molar-refractivity contribution in [3.05, 3.63) is 54.4 Å². The first-order valence-corrected chi connectivity index (χ1v) is 12.1. The Hall–Kier alpha value is -3.74. The lowest BCUT2D eigenvalue weighted by Crippen LogP contribution is -2.43. The van der Waals surface area contributed by atoms with Crippen molar-refractivity contribution in [1.82, 2.24) is 25.2 Å². The van der Waals surface area contributed by atoms with E-state index in [1.54, 1.807) is 6.20 Å². The van der Waals surface area contributed by atoms with Crippen LogP contribution in [-0.4, -0.2) is 72.3 Å². The van der Waals surface area contributed by atoms with Gasteiger partial charge in [-0.25, -0.2) is 15.0 Å². The molecule has 0 spiro atoms. The number of ether oxygens (including phenoxy) is 1.